The second-order valence-electron chi connectivity index (χ2n) is 2.96. The summed E-state index contributed by atoms with van der Waals surface area (Å²) in [6, 6.07) is 0.00134. The number of carbonyl (C=O) groups is 1. The second-order valence-corrected chi connectivity index (χ2v) is 2.96. The van der Waals surface area contributed by atoms with E-state index in [-0.39, 0.29) is 11.9 Å². The molecular weight excluding hydrogens is 144 g/mol. The Bertz CT molecular complexity index is 159. The first-order valence-corrected chi connectivity index (χ1v) is 3.85. The Morgan fingerprint density at radius 3 is 2.64 bits per heavy atom. The highest BCUT2D eigenvalue weighted by Gasteiger charge is 2.25. The van der Waals surface area contributed by atoms with Gasteiger partial charge in [0, 0.05) is 13.0 Å². The van der Waals surface area contributed by atoms with E-state index < -0.39 is 6.10 Å². The molecule has 2 N–H and O–H groups in total. The van der Waals surface area contributed by atoms with Crippen LogP contribution in [0.5, 0.6) is 0 Å². The molecule has 1 amide bonds. The Kier molecular flexibility index (Phi) is 2.46. The van der Waals surface area contributed by atoms with Crippen LogP contribution < -0.4 is 5.43 Å². The summed E-state index contributed by atoms with van der Waals surface area (Å²) in [7, 11) is 0. The van der Waals surface area contributed by atoms with E-state index in [2.05, 4.69) is 5.43 Å². The molecule has 11 heavy (non-hydrogen) atoms. The van der Waals surface area contributed by atoms with Crippen LogP contribution in [0.25, 0.3) is 0 Å². The molecule has 4 heteroatoms. The number of aliphatic hydroxyl groups is 1. The van der Waals surface area contributed by atoms with Crippen molar-refractivity contribution in [2.45, 2.75) is 32.4 Å². The third-order valence-electron chi connectivity index (χ3n) is 2.04. The quantitative estimate of drug-likeness (QED) is 0.569. The lowest BCUT2D eigenvalue weighted by molar-refractivity contribution is -0.121. The number of amides is 1. The van der Waals surface area contributed by atoms with Gasteiger partial charge in [-0.15, -0.1) is 0 Å². The standard InChI is InChI=1S/C7H14N2O2/c1-5(6(2)10)9-4-3-7(11)8-9/h5-6,10H,3-4H2,1-2H3,(H,8,11). The van der Waals surface area contributed by atoms with Gasteiger partial charge in [0.1, 0.15) is 0 Å². The maximum atomic E-state index is 10.7. The van der Waals surface area contributed by atoms with Crippen LogP contribution in [0.2, 0.25) is 0 Å². The van der Waals surface area contributed by atoms with Crippen LogP contribution >= 0.6 is 0 Å². The minimum Gasteiger partial charge on any atom is -0.392 e. The van der Waals surface area contributed by atoms with Gasteiger partial charge in [-0.3, -0.25) is 10.2 Å². The van der Waals surface area contributed by atoms with Crippen molar-refractivity contribution in [2.24, 2.45) is 0 Å². The first-order valence-electron chi connectivity index (χ1n) is 3.85. The average Bonchev–Trinajstić information content (AvgIpc) is 2.34. The number of hydrazine groups is 1. The first-order chi connectivity index (χ1) is 5.11. The molecule has 0 aliphatic carbocycles. The van der Waals surface area contributed by atoms with E-state index in [0.717, 1.165) is 0 Å². The molecule has 1 aliphatic rings. The predicted octanol–water partition coefficient (Wildman–Crippen LogP) is -0.507. The van der Waals surface area contributed by atoms with Crippen LogP contribution in [0, 0.1) is 0 Å². The highest BCUT2D eigenvalue weighted by molar-refractivity contribution is 5.77. The Labute approximate surface area is 66.2 Å². The van der Waals surface area contributed by atoms with Crippen molar-refractivity contribution in [3.8, 4) is 0 Å². The van der Waals surface area contributed by atoms with Gasteiger partial charge in [-0.25, -0.2) is 5.01 Å². The van der Waals surface area contributed by atoms with Crippen molar-refractivity contribution in [3.05, 3.63) is 0 Å². The summed E-state index contributed by atoms with van der Waals surface area (Å²) in [5.41, 5.74) is 2.67. The fourth-order valence-electron chi connectivity index (χ4n) is 1.06. The molecule has 1 rings (SSSR count). The maximum absolute atomic E-state index is 10.7. The first kappa shape index (κ1) is 8.49. The monoisotopic (exact) mass is 158 g/mol. The zero-order valence-electron chi connectivity index (χ0n) is 6.87. The van der Waals surface area contributed by atoms with Gasteiger partial charge in [0.15, 0.2) is 0 Å². The van der Waals surface area contributed by atoms with Crippen LogP contribution in [0.3, 0.4) is 0 Å². The summed E-state index contributed by atoms with van der Waals surface area (Å²) < 4.78 is 0. The molecule has 1 heterocycles. The third kappa shape index (κ3) is 1.91. The van der Waals surface area contributed by atoms with Crippen molar-refractivity contribution in [2.75, 3.05) is 6.54 Å². The molecule has 64 valence electrons. The van der Waals surface area contributed by atoms with E-state index in [1.54, 1.807) is 11.9 Å². The van der Waals surface area contributed by atoms with E-state index >= 15 is 0 Å². The van der Waals surface area contributed by atoms with E-state index in [0.29, 0.717) is 13.0 Å². The van der Waals surface area contributed by atoms with Crippen LogP contribution in [-0.2, 0) is 4.79 Å². The summed E-state index contributed by atoms with van der Waals surface area (Å²) in [5.74, 6) is 0.0394. The summed E-state index contributed by atoms with van der Waals surface area (Å²) in [5, 5.41) is 10.9. The largest absolute Gasteiger partial charge is 0.392 e. The maximum Gasteiger partial charge on any atom is 0.235 e. The minimum absolute atomic E-state index is 0.00134. The molecule has 0 aromatic heterocycles. The SMILES string of the molecule is CC(O)C(C)N1CCC(=O)N1. The molecule has 1 aliphatic heterocycles. The van der Waals surface area contributed by atoms with E-state index in [1.807, 2.05) is 6.92 Å². The van der Waals surface area contributed by atoms with E-state index in [1.165, 1.54) is 0 Å². The van der Waals surface area contributed by atoms with Gasteiger partial charge >= 0.3 is 0 Å². The van der Waals surface area contributed by atoms with Gasteiger partial charge in [0.2, 0.25) is 5.91 Å². The number of carbonyl (C=O) groups excluding carboxylic acids is 1. The summed E-state index contributed by atoms with van der Waals surface area (Å²) in [4.78, 5) is 10.7. The van der Waals surface area contributed by atoms with E-state index in [4.69, 9.17) is 0 Å². The van der Waals surface area contributed by atoms with E-state index in [9.17, 15) is 9.90 Å². The van der Waals surface area contributed by atoms with Crippen molar-refractivity contribution in [1.82, 2.24) is 10.4 Å². The van der Waals surface area contributed by atoms with Crippen molar-refractivity contribution >= 4 is 5.91 Å². The number of rotatable bonds is 2. The Hall–Kier alpha value is -0.610. The molecule has 1 saturated heterocycles. The number of nitrogens with zero attached hydrogens (tertiary/aromatic N) is 1. The van der Waals surface area contributed by atoms with Gasteiger partial charge in [-0.1, -0.05) is 0 Å². The zero-order valence-corrected chi connectivity index (χ0v) is 6.87. The molecular formula is C7H14N2O2. The normalized spacial score (nSPS) is 24.8. The lowest BCUT2D eigenvalue weighted by Crippen LogP contribution is -2.45. The number of aliphatic hydroxyl groups excluding tert-OH is 1. The Morgan fingerprint density at radius 1 is 1.64 bits per heavy atom. The van der Waals surface area contributed by atoms with Crippen LogP contribution in [0.1, 0.15) is 20.3 Å². The average molecular weight is 158 g/mol. The molecule has 4 nitrogen and oxygen atoms in total. The highest BCUT2D eigenvalue weighted by Crippen LogP contribution is 2.06. The number of nitrogens with one attached hydrogen (secondary N) is 1. The zero-order chi connectivity index (χ0) is 8.43. The predicted molar refractivity (Wildman–Crippen MR) is 40.6 cm³/mol. The lowest BCUT2D eigenvalue weighted by Gasteiger charge is -2.25. The third-order valence-corrected chi connectivity index (χ3v) is 2.04. The summed E-state index contributed by atoms with van der Waals surface area (Å²) in [6.45, 7) is 4.30. The summed E-state index contributed by atoms with van der Waals surface area (Å²) in [6.07, 6.45) is 0.130. The van der Waals surface area contributed by atoms with Gasteiger partial charge in [-0.05, 0) is 13.8 Å². The van der Waals surface area contributed by atoms with Crippen LogP contribution in [-0.4, -0.2) is 34.7 Å². The number of hydrogen-bond acceptors (Lipinski definition) is 3. The molecule has 0 saturated carbocycles. The van der Waals surface area contributed by atoms with Crippen molar-refractivity contribution in [1.29, 1.82) is 0 Å². The fourth-order valence-corrected chi connectivity index (χ4v) is 1.06. The van der Waals surface area contributed by atoms with Gasteiger partial charge in [0.25, 0.3) is 0 Å². The Morgan fingerprint density at radius 2 is 2.27 bits per heavy atom. The molecule has 0 radical (unpaired) electrons. The fraction of sp³-hybridized carbons (Fsp3) is 0.857. The van der Waals surface area contributed by atoms with Gasteiger partial charge < -0.3 is 5.11 Å². The molecule has 0 aromatic rings. The Balaban J connectivity index is 2.43. The number of hydrogen-bond donors (Lipinski definition) is 2. The lowest BCUT2D eigenvalue weighted by atomic mass is 10.2. The van der Waals surface area contributed by atoms with Crippen molar-refractivity contribution < 1.29 is 9.90 Å². The van der Waals surface area contributed by atoms with Gasteiger partial charge in [-0.2, -0.15) is 0 Å². The van der Waals surface area contributed by atoms with Crippen molar-refractivity contribution in [3.63, 3.8) is 0 Å². The molecule has 1 fully saturated rings. The highest BCUT2D eigenvalue weighted by atomic mass is 16.3. The molecule has 2 unspecified atom stereocenters. The molecule has 2 atom stereocenters. The minimum atomic E-state index is -0.409. The van der Waals surface area contributed by atoms with Crippen LogP contribution in [0.15, 0.2) is 0 Å². The molecule has 0 bridgehead atoms. The molecule has 0 spiro atoms. The smallest absolute Gasteiger partial charge is 0.235 e. The topological polar surface area (TPSA) is 52.6 Å². The summed E-state index contributed by atoms with van der Waals surface area (Å²) >= 11 is 0. The van der Waals surface area contributed by atoms with Crippen LogP contribution in [0.4, 0.5) is 0 Å². The second kappa shape index (κ2) is 3.19. The molecule has 0 aromatic carbocycles. The van der Waals surface area contributed by atoms with Gasteiger partial charge in [0.05, 0.1) is 12.1 Å².